The van der Waals surface area contributed by atoms with Crippen LogP contribution in [0.2, 0.25) is 10.0 Å². The van der Waals surface area contributed by atoms with Crippen molar-refractivity contribution in [3.05, 3.63) is 70.0 Å². The summed E-state index contributed by atoms with van der Waals surface area (Å²) < 4.78 is 10.6. The van der Waals surface area contributed by atoms with Gasteiger partial charge in [0.15, 0.2) is 0 Å². The molecule has 32 heavy (non-hydrogen) atoms. The number of amides is 1. The molecule has 0 unspecified atom stereocenters. The lowest BCUT2D eigenvalue weighted by Gasteiger charge is -2.33. The van der Waals surface area contributed by atoms with E-state index in [0.717, 1.165) is 30.0 Å². The van der Waals surface area contributed by atoms with E-state index in [1.165, 1.54) is 0 Å². The molecule has 0 atom stereocenters. The highest BCUT2D eigenvalue weighted by Crippen LogP contribution is 2.21. The van der Waals surface area contributed by atoms with Gasteiger partial charge in [-0.2, -0.15) is 4.98 Å². The molecule has 4 rings (SSSR count). The molecule has 0 saturated carbocycles. The van der Waals surface area contributed by atoms with E-state index in [0.29, 0.717) is 41.4 Å². The Kier molecular flexibility index (Phi) is 7.09. The quantitative estimate of drug-likeness (QED) is 0.494. The molecule has 1 amide bonds. The summed E-state index contributed by atoms with van der Waals surface area (Å²) in [7, 11) is 1.63. The number of piperazine rings is 1. The molecule has 0 N–H and O–H groups in total. The maximum Gasteiger partial charge on any atom is 0.246 e. The van der Waals surface area contributed by atoms with Crippen LogP contribution in [0.5, 0.6) is 5.75 Å². The van der Waals surface area contributed by atoms with Gasteiger partial charge < -0.3 is 14.2 Å². The third kappa shape index (κ3) is 5.68. The van der Waals surface area contributed by atoms with Gasteiger partial charge >= 0.3 is 0 Å². The van der Waals surface area contributed by atoms with Crippen molar-refractivity contribution >= 4 is 35.2 Å². The number of halogens is 2. The van der Waals surface area contributed by atoms with Crippen LogP contribution in [-0.2, 0) is 11.3 Å². The molecular formula is C23H22Cl2N4O3. The van der Waals surface area contributed by atoms with Gasteiger partial charge in [0.2, 0.25) is 17.6 Å². The Morgan fingerprint density at radius 1 is 1.09 bits per heavy atom. The predicted molar refractivity (Wildman–Crippen MR) is 124 cm³/mol. The molecule has 1 aliphatic heterocycles. The van der Waals surface area contributed by atoms with Crippen LogP contribution in [0, 0.1) is 0 Å². The Morgan fingerprint density at radius 2 is 1.78 bits per heavy atom. The van der Waals surface area contributed by atoms with Gasteiger partial charge in [-0.1, -0.05) is 28.4 Å². The normalized spacial score (nSPS) is 14.8. The highest BCUT2D eigenvalue weighted by Gasteiger charge is 2.21. The van der Waals surface area contributed by atoms with Crippen molar-refractivity contribution in [2.75, 3.05) is 33.3 Å². The monoisotopic (exact) mass is 472 g/mol. The van der Waals surface area contributed by atoms with Crippen LogP contribution in [0.4, 0.5) is 0 Å². The Hall–Kier alpha value is -2.87. The van der Waals surface area contributed by atoms with Crippen molar-refractivity contribution in [1.29, 1.82) is 0 Å². The molecule has 0 aliphatic carbocycles. The van der Waals surface area contributed by atoms with Crippen molar-refractivity contribution in [2.24, 2.45) is 0 Å². The van der Waals surface area contributed by atoms with Gasteiger partial charge in [0.05, 0.1) is 13.7 Å². The molecule has 7 nitrogen and oxygen atoms in total. The second-order valence-electron chi connectivity index (χ2n) is 7.38. The van der Waals surface area contributed by atoms with Crippen molar-refractivity contribution < 1.29 is 14.1 Å². The molecule has 166 valence electrons. The smallest absolute Gasteiger partial charge is 0.246 e. The summed E-state index contributed by atoms with van der Waals surface area (Å²) in [5.41, 5.74) is 1.66. The number of carbonyl (C=O) groups excluding carboxylic acids is 1. The number of hydrogen-bond acceptors (Lipinski definition) is 6. The fourth-order valence-corrected chi connectivity index (χ4v) is 3.98. The lowest BCUT2D eigenvalue weighted by Crippen LogP contribution is -2.47. The molecule has 3 aromatic rings. The minimum absolute atomic E-state index is 0.0414. The molecule has 2 heterocycles. The summed E-state index contributed by atoms with van der Waals surface area (Å²) >= 11 is 12.0. The van der Waals surface area contributed by atoms with E-state index < -0.39 is 0 Å². The number of hydrogen-bond donors (Lipinski definition) is 0. The first-order valence-corrected chi connectivity index (χ1v) is 10.9. The van der Waals surface area contributed by atoms with Crippen LogP contribution in [0.15, 0.2) is 53.1 Å². The van der Waals surface area contributed by atoms with Crippen LogP contribution in [-0.4, -0.2) is 59.1 Å². The number of rotatable bonds is 6. The van der Waals surface area contributed by atoms with E-state index in [1.54, 1.807) is 37.5 Å². The number of benzene rings is 2. The van der Waals surface area contributed by atoms with Crippen LogP contribution in [0.25, 0.3) is 17.5 Å². The fraction of sp³-hybridized carbons (Fsp3) is 0.261. The minimum atomic E-state index is -0.0414. The van der Waals surface area contributed by atoms with Crippen molar-refractivity contribution in [1.82, 2.24) is 19.9 Å². The zero-order chi connectivity index (χ0) is 22.5. The molecule has 9 heteroatoms. The van der Waals surface area contributed by atoms with Gasteiger partial charge in [0, 0.05) is 47.9 Å². The molecule has 1 aliphatic rings. The van der Waals surface area contributed by atoms with Crippen LogP contribution in [0.3, 0.4) is 0 Å². The molecular weight excluding hydrogens is 451 g/mol. The first-order valence-electron chi connectivity index (χ1n) is 10.1. The molecule has 2 aromatic carbocycles. The zero-order valence-electron chi connectivity index (χ0n) is 17.5. The summed E-state index contributed by atoms with van der Waals surface area (Å²) in [5.74, 6) is 1.83. The fourth-order valence-electron chi connectivity index (χ4n) is 3.44. The summed E-state index contributed by atoms with van der Waals surface area (Å²) in [5, 5.41) is 5.14. The maximum atomic E-state index is 12.5. The van der Waals surface area contributed by atoms with Gasteiger partial charge in [-0.05, 0) is 54.1 Å². The summed E-state index contributed by atoms with van der Waals surface area (Å²) in [6, 6.07) is 12.7. The maximum absolute atomic E-state index is 12.5. The first-order chi connectivity index (χ1) is 15.5. The Morgan fingerprint density at radius 3 is 2.44 bits per heavy atom. The van der Waals surface area contributed by atoms with Gasteiger partial charge in [-0.15, -0.1) is 0 Å². The first kappa shape index (κ1) is 22.3. The van der Waals surface area contributed by atoms with E-state index in [-0.39, 0.29) is 5.91 Å². The largest absolute Gasteiger partial charge is 0.497 e. The second kappa shape index (κ2) is 10.2. The van der Waals surface area contributed by atoms with Crippen LogP contribution >= 0.6 is 23.2 Å². The van der Waals surface area contributed by atoms with Crippen molar-refractivity contribution in [3.8, 4) is 17.1 Å². The highest BCUT2D eigenvalue weighted by molar-refractivity contribution is 6.34. The number of nitrogens with zero attached hydrogens (tertiary/aromatic N) is 4. The summed E-state index contributed by atoms with van der Waals surface area (Å²) in [6.07, 6.45) is 3.28. The standard InChI is InChI=1S/C23H22Cl2N4O3/c1-31-20-5-3-17(4-6-20)23-26-21(32-27-23)15-28-8-10-29(11-9-28)22(30)7-2-16-12-18(24)14-19(25)13-16/h2-7,12-14H,8-11,15H2,1H3. The van der Waals surface area contributed by atoms with Crippen molar-refractivity contribution in [2.45, 2.75) is 6.54 Å². The number of carbonyl (C=O) groups is 1. The summed E-state index contributed by atoms with van der Waals surface area (Å²) in [4.78, 5) is 21.0. The summed E-state index contributed by atoms with van der Waals surface area (Å²) in [6.45, 7) is 3.24. The van der Waals surface area contributed by atoms with Crippen molar-refractivity contribution in [3.63, 3.8) is 0 Å². The molecule has 0 radical (unpaired) electrons. The molecule has 1 fully saturated rings. The zero-order valence-corrected chi connectivity index (χ0v) is 19.0. The van der Waals surface area contributed by atoms with Crippen LogP contribution < -0.4 is 4.74 Å². The Bertz CT molecular complexity index is 1090. The lowest BCUT2D eigenvalue weighted by atomic mass is 10.2. The second-order valence-corrected chi connectivity index (χ2v) is 8.25. The molecule has 0 spiro atoms. The van der Waals surface area contributed by atoms with E-state index in [4.69, 9.17) is 32.5 Å². The van der Waals surface area contributed by atoms with Gasteiger partial charge in [0.1, 0.15) is 5.75 Å². The molecule has 1 aromatic heterocycles. The molecule has 1 saturated heterocycles. The number of methoxy groups -OCH3 is 1. The van der Waals surface area contributed by atoms with E-state index in [2.05, 4.69) is 15.0 Å². The third-order valence-corrected chi connectivity index (χ3v) is 5.60. The average molecular weight is 473 g/mol. The Labute approximate surface area is 196 Å². The van der Waals surface area contributed by atoms with Gasteiger partial charge in [-0.25, -0.2) is 0 Å². The third-order valence-electron chi connectivity index (χ3n) is 5.16. The lowest BCUT2D eigenvalue weighted by molar-refractivity contribution is -0.127. The van der Waals surface area contributed by atoms with E-state index in [1.807, 2.05) is 29.2 Å². The highest BCUT2D eigenvalue weighted by atomic mass is 35.5. The molecule has 0 bridgehead atoms. The van der Waals surface area contributed by atoms with Gasteiger partial charge in [-0.3, -0.25) is 9.69 Å². The average Bonchev–Trinajstić information content (AvgIpc) is 3.26. The minimum Gasteiger partial charge on any atom is -0.497 e. The van der Waals surface area contributed by atoms with Crippen LogP contribution in [0.1, 0.15) is 11.5 Å². The van der Waals surface area contributed by atoms with E-state index >= 15 is 0 Å². The predicted octanol–water partition coefficient (Wildman–Crippen LogP) is 4.41. The topological polar surface area (TPSA) is 71.7 Å². The number of ether oxygens (including phenoxy) is 1. The number of aromatic nitrogens is 2. The van der Waals surface area contributed by atoms with Gasteiger partial charge in [0.25, 0.3) is 0 Å². The van der Waals surface area contributed by atoms with E-state index in [9.17, 15) is 4.79 Å². The Balaban J connectivity index is 1.29. The SMILES string of the molecule is COc1ccc(-c2noc(CN3CCN(C(=O)C=Cc4cc(Cl)cc(Cl)c4)CC3)n2)cc1.